The number of ether oxygens (including phenoxy) is 1. The monoisotopic (exact) mass is 351 g/mol. The second-order valence-corrected chi connectivity index (χ2v) is 7.04. The fourth-order valence-electron chi connectivity index (χ4n) is 3.87. The summed E-state index contributed by atoms with van der Waals surface area (Å²) in [5.74, 6) is 1.60. The van der Waals surface area contributed by atoms with E-state index in [9.17, 15) is 5.11 Å². The molecule has 0 spiro atoms. The highest BCUT2D eigenvalue weighted by Crippen LogP contribution is 2.36. The fraction of sp³-hybridized carbons (Fsp3) is 0.381. The maximum atomic E-state index is 10.2. The fourth-order valence-corrected chi connectivity index (χ4v) is 3.87. The minimum atomic E-state index is 0.127. The summed E-state index contributed by atoms with van der Waals surface area (Å²) in [5.41, 5.74) is 3.79. The first-order valence-corrected chi connectivity index (χ1v) is 9.29. The van der Waals surface area contributed by atoms with Gasteiger partial charge in [-0.1, -0.05) is 25.3 Å². The number of benzene rings is 1. The lowest BCUT2D eigenvalue weighted by Crippen LogP contribution is -2.23. The molecule has 2 aromatic heterocycles. The van der Waals surface area contributed by atoms with Crippen molar-refractivity contribution in [2.24, 2.45) is 0 Å². The third-order valence-electron chi connectivity index (χ3n) is 5.24. The van der Waals surface area contributed by atoms with Crippen molar-refractivity contribution in [3.8, 4) is 22.8 Å². The van der Waals surface area contributed by atoms with Gasteiger partial charge in [-0.3, -0.25) is 4.40 Å². The predicted molar refractivity (Wildman–Crippen MR) is 104 cm³/mol. The minimum absolute atomic E-state index is 0.127. The van der Waals surface area contributed by atoms with Crippen molar-refractivity contribution in [1.82, 2.24) is 9.38 Å². The lowest BCUT2D eigenvalue weighted by atomic mass is 9.95. The van der Waals surface area contributed by atoms with Crippen LogP contribution in [-0.2, 0) is 0 Å². The highest BCUT2D eigenvalue weighted by Gasteiger charge is 2.21. The number of nitrogens with zero attached hydrogens (tertiary/aromatic N) is 2. The lowest BCUT2D eigenvalue weighted by molar-refractivity contribution is 0.373. The molecule has 136 valence electrons. The number of aromatic hydroxyl groups is 1. The SMILES string of the molecule is COc1ccc(-c2nc3cccc(C)n3c2NC2CCCCC2)cc1O. The molecule has 0 radical (unpaired) electrons. The van der Waals surface area contributed by atoms with E-state index in [1.807, 2.05) is 18.2 Å². The van der Waals surface area contributed by atoms with Gasteiger partial charge in [-0.2, -0.15) is 0 Å². The van der Waals surface area contributed by atoms with Crippen LogP contribution in [0.3, 0.4) is 0 Å². The number of rotatable bonds is 4. The van der Waals surface area contributed by atoms with Crippen LogP contribution in [-0.4, -0.2) is 27.6 Å². The first-order chi connectivity index (χ1) is 12.7. The van der Waals surface area contributed by atoms with E-state index >= 15 is 0 Å². The number of aryl methyl sites for hydroxylation is 1. The van der Waals surface area contributed by atoms with Crippen LogP contribution < -0.4 is 10.1 Å². The van der Waals surface area contributed by atoms with Crippen LogP contribution in [0.25, 0.3) is 16.9 Å². The Balaban J connectivity index is 1.84. The zero-order valence-corrected chi connectivity index (χ0v) is 15.3. The molecule has 26 heavy (non-hydrogen) atoms. The molecule has 3 aromatic rings. The van der Waals surface area contributed by atoms with E-state index in [0.29, 0.717) is 11.8 Å². The normalized spacial score (nSPS) is 15.3. The molecule has 4 rings (SSSR count). The third kappa shape index (κ3) is 2.98. The summed E-state index contributed by atoms with van der Waals surface area (Å²) >= 11 is 0. The molecule has 0 atom stereocenters. The van der Waals surface area contributed by atoms with Gasteiger partial charge in [0.15, 0.2) is 11.5 Å². The summed E-state index contributed by atoms with van der Waals surface area (Å²) in [6.45, 7) is 2.09. The Morgan fingerprint density at radius 3 is 2.69 bits per heavy atom. The average Bonchev–Trinajstić information content (AvgIpc) is 3.02. The standard InChI is InChI=1S/C21H25N3O2/c1-14-7-6-10-19-23-20(15-11-12-18(26-2)17(25)13-15)21(24(14)19)22-16-8-4-3-5-9-16/h6-7,10-13,16,22,25H,3-5,8-9H2,1-2H3. The van der Waals surface area contributed by atoms with Gasteiger partial charge in [0.05, 0.1) is 7.11 Å². The second kappa shape index (κ2) is 6.90. The summed E-state index contributed by atoms with van der Waals surface area (Å²) in [4.78, 5) is 4.85. The number of fused-ring (bicyclic) bond motifs is 1. The van der Waals surface area contributed by atoms with Crippen LogP contribution in [0, 0.1) is 6.92 Å². The van der Waals surface area contributed by atoms with Gasteiger partial charge in [0, 0.05) is 17.3 Å². The number of anilines is 1. The van der Waals surface area contributed by atoms with E-state index in [1.54, 1.807) is 19.2 Å². The molecule has 1 aliphatic carbocycles. The van der Waals surface area contributed by atoms with Crippen LogP contribution in [0.1, 0.15) is 37.8 Å². The molecular weight excluding hydrogens is 326 g/mol. The van der Waals surface area contributed by atoms with Crippen LogP contribution in [0.5, 0.6) is 11.5 Å². The van der Waals surface area contributed by atoms with Gasteiger partial charge in [-0.05, 0) is 50.1 Å². The van der Waals surface area contributed by atoms with Crippen molar-refractivity contribution in [3.05, 3.63) is 42.1 Å². The molecule has 1 aliphatic rings. The first kappa shape index (κ1) is 16.8. The van der Waals surface area contributed by atoms with Crippen LogP contribution in [0.2, 0.25) is 0 Å². The van der Waals surface area contributed by atoms with E-state index in [-0.39, 0.29) is 5.75 Å². The molecule has 5 nitrogen and oxygen atoms in total. The van der Waals surface area contributed by atoms with Crippen molar-refractivity contribution in [1.29, 1.82) is 0 Å². The topological polar surface area (TPSA) is 58.8 Å². The molecule has 1 saturated carbocycles. The maximum Gasteiger partial charge on any atom is 0.160 e. The number of methoxy groups -OCH3 is 1. The number of hydrogen-bond acceptors (Lipinski definition) is 4. The molecule has 5 heteroatoms. The van der Waals surface area contributed by atoms with E-state index in [0.717, 1.165) is 28.4 Å². The number of nitrogens with one attached hydrogen (secondary N) is 1. The summed E-state index contributed by atoms with van der Waals surface area (Å²) in [6, 6.07) is 12.1. The molecule has 0 saturated heterocycles. The number of pyridine rings is 1. The van der Waals surface area contributed by atoms with E-state index in [2.05, 4.69) is 22.7 Å². The summed E-state index contributed by atoms with van der Waals surface area (Å²) in [6.07, 6.45) is 6.24. The first-order valence-electron chi connectivity index (χ1n) is 9.29. The van der Waals surface area contributed by atoms with E-state index in [1.165, 1.54) is 32.1 Å². The molecule has 0 amide bonds. The molecule has 2 N–H and O–H groups in total. The van der Waals surface area contributed by atoms with Gasteiger partial charge >= 0.3 is 0 Å². The van der Waals surface area contributed by atoms with Crippen molar-refractivity contribution < 1.29 is 9.84 Å². The number of phenols is 1. The van der Waals surface area contributed by atoms with Gasteiger partial charge < -0.3 is 15.2 Å². The maximum absolute atomic E-state index is 10.2. The second-order valence-electron chi connectivity index (χ2n) is 7.04. The van der Waals surface area contributed by atoms with Crippen molar-refractivity contribution >= 4 is 11.5 Å². The predicted octanol–water partition coefficient (Wildman–Crippen LogP) is 4.77. The van der Waals surface area contributed by atoms with E-state index < -0.39 is 0 Å². The highest BCUT2D eigenvalue weighted by atomic mass is 16.5. The number of hydrogen-bond donors (Lipinski definition) is 2. The number of aromatic nitrogens is 2. The van der Waals surface area contributed by atoms with Gasteiger partial charge in [-0.15, -0.1) is 0 Å². The van der Waals surface area contributed by atoms with Crippen LogP contribution in [0.4, 0.5) is 5.82 Å². The Bertz CT molecular complexity index is 926. The van der Waals surface area contributed by atoms with Crippen molar-refractivity contribution in [3.63, 3.8) is 0 Å². The highest BCUT2D eigenvalue weighted by molar-refractivity contribution is 5.78. The van der Waals surface area contributed by atoms with Gasteiger partial charge in [0.2, 0.25) is 0 Å². The summed E-state index contributed by atoms with van der Waals surface area (Å²) in [5, 5.41) is 14.0. The minimum Gasteiger partial charge on any atom is -0.504 e. The summed E-state index contributed by atoms with van der Waals surface area (Å²) in [7, 11) is 1.55. The molecule has 1 fully saturated rings. The largest absolute Gasteiger partial charge is 0.504 e. The smallest absolute Gasteiger partial charge is 0.160 e. The van der Waals surface area contributed by atoms with Gasteiger partial charge in [0.25, 0.3) is 0 Å². The Hall–Kier alpha value is -2.69. The Morgan fingerprint density at radius 1 is 1.15 bits per heavy atom. The molecule has 0 aliphatic heterocycles. The van der Waals surface area contributed by atoms with Gasteiger partial charge in [0.1, 0.15) is 17.2 Å². The van der Waals surface area contributed by atoms with Crippen molar-refractivity contribution in [2.45, 2.75) is 45.1 Å². The number of imidazole rings is 1. The lowest BCUT2D eigenvalue weighted by Gasteiger charge is -2.24. The zero-order valence-electron chi connectivity index (χ0n) is 15.3. The zero-order chi connectivity index (χ0) is 18.1. The van der Waals surface area contributed by atoms with Crippen LogP contribution in [0.15, 0.2) is 36.4 Å². The van der Waals surface area contributed by atoms with Gasteiger partial charge in [-0.25, -0.2) is 4.98 Å². The molecule has 1 aromatic carbocycles. The third-order valence-corrected chi connectivity index (χ3v) is 5.24. The Labute approximate surface area is 153 Å². The van der Waals surface area contributed by atoms with Crippen molar-refractivity contribution in [2.75, 3.05) is 12.4 Å². The quantitative estimate of drug-likeness (QED) is 0.711. The number of phenolic OH excluding ortho intramolecular Hbond substituents is 1. The van der Waals surface area contributed by atoms with E-state index in [4.69, 9.17) is 9.72 Å². The molecule has 0 bridgehead atoms. The summed E-state index contributed by atoms with van der Waals surface area (Å²) < 4.78 is 7.35. The molecule has 2 heterocycles. The Morgan fingerprint density at radius 2 is 1.96 bits per heavy atom. The molecule has 0 unspecified atom stereocenters. The Kier molecular flexibility index (Phi) is 4.45. The van der Waals surface area contributed by atoms with Crippen LogP contribution >= 0.6 is 0 Å². The average molecular weight is 351 g/mol. The molecular formula is C21H25N3O2.